The molecule has 0 aliphatic heterocycles. The molecule has 4 N–H and O–H groups in total. The largest absolute Gasteiger partial charge is 0.383 e. The number of nitrogens with one attached hydrogen (secondary N) is 4. The van der Waals surface area contributed by atoms with Crippen molar-refractivity contribution in [2.24, 2.45) is 0 Å². The highest BCUT2D eigenvalue weighted by Crippen LogP contribution is 2.14. The predicted octanol–water partition coefficient (Wildman–Crippen LogP) is -0.809. The first kappa shape index (κ1) is 22.5. The van der Waals surface area contributed by atoms with Gasteiger partial charge in [0.05, 0.1) is 24.1 Å². The molecule has 1 aromatic rings. The Morgan fingerprint density at radius 3 is 2.30 bits per heavy atom. The molecular weight excluding hydrogens is 376 g/mol. The predicted molar refractivity (Wildman–Crippen MR) is 98.4 cm³/mol. The second-order valence-electron chi connectivity index (χ2n) is 5.61. The molecule has 0 bridgehead atoms. The first-order valence-corrected chi connectivity index (χ1v) is 9.57. The zero-order valence-electron chi connectivity index (χ0n) is 15.4. The molecule has 0 aliphatic rings. The topological polar surface area (TPSA) is 143 Å². The second-order valence-corrected chi connectivity index (χ2v) is 7.32. The van der Waals surface area contributed by atoms with E-state index >= 15 is 0 Å². The van der Waals surface area contributed by atoms with Crippen molar-refractivity contribution in [3.63, 3.8) is 0 Å². The molecule has 0 aliphatic carbocycles. The van der Waals surface area contributed by atoms with Crippen molar-refractivity contribution in [3.05, 3.63) is 24.3 Å². The van der Waals surface area contributed by atoms with Crippen LogP contribution in [0.15, 0.2) is 29.2 Å². The average molecular weight is 400 g/mol. The van der Waals surface area contributed by atoms with E-state index in [9.17, 15) is 22.8 Å². The Labute approximate surface area is 158 Å². The number of amides is 3. The average Bonchev–Trinajstić information content (AvgIpc) is 2.59. The summed E-state index contributed by atoms with van der Waals surface area (Å²) in [7, 11) is -2.45. The van der Waals surface area contributed by atoms with E-state index < -0.39 is 27.9 Å². The number of carbonyl (C=O) groups excluding carboxylic acids is 3. The van der Waals surface area contributed by atoms with Gasteiger partial charge in [-0.15, -0.1) is 0 Å². The summed E-state index contributed by atoms with van der Waals surface area (Å²) < 4.78 is 31.7. The lowest BCUT2D eigenvalue weighted by atomic mass is 10.3. The SMILES string of the molecule is COCCNC(=O)CNC(=O)[C@H](C)NS(=O)(=O)c1ccc(NC(C)=O)cc1. The molecule has 3 amide bonds. The lowest BCUT2D eigenvalue weighted by Crippen LogP contribution is -2.47. The number of rotatable bonds is 10. The maximum atomic E-state index is 12.3. The molecule has 27 heavy (non-hydrogen) atoms. The van der Waals surface area contributed by atoms with Gasteiger partial charge in [-0.05, 0) is 31.2 Å². The molecule has 0 unspecified atom stereocenters. The second kappa shape index (κ2) is 10.6. The first-order chi connectivity index (χ1) is 12.7. The summed E-state index contributed by atoms with van der Waals surface area (Å²) >= 11 is 0. The lowest BCUT2D eigenvalue weighted by Gasteiger charge is -2.14. The minimum Gasteiger partial charge on any atom is -0.383 e. The van der Waals surface area contributed by atoms with Crippen LogP contribution in [0.1, 0.15) is 13.8 Å². The lowest BCUT2D eigenvalue weighted by molar-refractivity contribution is -0.126. The number of carbonyl (C=O) groups is 3. The van der Waals surface area contributed by atoms with Crippen LogP contribution in [0.3, 0.4) is 0 Å². The van der Waals surface area contributed by atoms with E-state index in [1.165, 1.54) is 45.2 Å². The van der Waals surface area contributed by atoms with Crippen molar-refractivity contribution in [1.82, 2.24) is 15.4 Å². The van der Waals surface area contributed by atoms with E-state index in [0.717, 1.165) is 0 Å². The Kier molecular flexibility index (Phi) is 8.85. The van der Waals surface area contributed by atoms with Gasteiger partial charge < -0.3 is 20.7 Å². The van der Waals surface area contributed by atoms with Gasteiger partial charge in [-0.2, -0.15) is 4.72 Å². The van der Waals surface area contributed by atoms with E-state index in [1.807, 2.05) is 0 Å². The fourth-order valence-electron chi connectivity index (χ4n) is 1.95. The molecule has 1 atom stereocenters. The van der Waals surface area contributed by atoms with Crippen LogP contribution in [0.5, 0.6) is 0 Å². The summed E-state index contributed by atoms with van der Waals surface area (Å²) in [5.74, 6) is -1.33. The molecule has 0 saturated carbocycles. The van der Waals surface area contributed by atoms with Gasteiger partial charge in [0.15, 0.2) is 0 Å². The van der Waals surface area contributed by atoms with Crippen LogP contribution >= 0.6 is 0 Å². The summed E-state index contributed by atoms with van der Waals surface area (Å²) in [6, 6.07) is 4.40. The van der Waals surface area contributed by atoms with Gasteiger partial charge in [-0.25, -0.2) is 8.42 Å². The summed E-state index contributed by atoms with van der Waals surface area (Å²) in [5.41, 5.74) is 0.451. The van der Waals surface area contributed by atoms with E-state index in [-0.39, 0.29) is 17.3 Å². The monoisotopic (exact) mass is 400 g/mol. The molecule has 0 spiro atoms. The molecule has 1 rings (SSSR count). The highest BCUT2D eigenvalue weighted by atomic mass is 32.2. The zero-order valence-corrected chi connectivity index (χ0v) is 16.2. The highest BCUT2D eigenvalue weighted by molar-refractivity contribution is 7.89. The van der Waals surface area contributed by atoms with Gasteiger partial charge in [-0.3, -0.25) is 14.4 Å². The third kappa shape index (κ3) is 8.15. The van der Waals surface area contributed by atoms with Gasteiger partial charge in [0, 0.05) is 26.3 Å². The van der Waals surface area contributed by atoms with E-state index in [4.69, 9.17) is 4.74 Å². The first-order valence-electron chi connectivity index (χ1n) is 8.09. The molecule has 11 heteroatoms. The van der Waals surface area contributed by atoms with Gasteiger partial charge in [0.2, 0.25) is 27.7 Å². The quantitative estimate of drug-likeness (QED) is 0.378. The number of sulfonamides is 1. The van der Waals surface area contributed by atoms with Crippen molar-refractivity contribution < 1.29 is 27.5 Å². The molecule has 10 nitrogen and oxygen atoms in total. The third-order valence-corrected chi connectivity index (χ3v) is 4.82. The Bertz CT molecular complexity index is 764. The van der Waals surface area contributed by atoms with Crippen LogP contribution in [0, 0.1) is 0 Å². The van der Waals surface area contributed by atoms with Crippen LogP contribution in [-0.4, -0.2) is 59.0 Å². The maximum absolute atomic E-state index is 12.3. The van der Waals surface area contributed by atoms with Gasteiger partial charge in [-0.1, -0.05) is 0 Å². The van der Waals surface area contributed by atoms with E-state index in [0.29, 0.717) is 18.8 Å². The summed E-state index contributed by atoms with van der Waals surface area (Å²) in [6.07, 6.45) is 0. The van der Waals surface area contributed by atoms with Crippen LogP contribution in [-0.2, 0) is 29.1 Å². The summed E-state index contributed by atoms with van der Waals surface area (Å²) in [4.78, 5) is 34.4. The van der Waals surface area contributed by atoms with Gasteiger partial charge >= 0.3 is 0 Å². The highest BCUT2D eigenvalue weighted by Gasteiger charge is 2.22. The molecule has 0 heterocycles. The molecular formula is C16H24N4O6S. The smallest absolute Gasteiger partial charge is 0.241 e. The number of methoxy groups -OCH3 is 1. The standard InChI is InChI=1S/C16H24N4O6S/c1-11(16(23)18-10-15(22)17-8-9-26-3)20-27(24,25)14-6-4-13(5-7-14)19-12(2)21/h4-7,11,20H,8-10H2,1-3H3,(H,17,22)(H,18,23)(H,19,21)/t11-/m0/s1. The number of hydrogen-bond donors (Lipinski definition) is 4. The number of benzene rings is 1. The van der Waals surface area contributed by atoms with Crippen molar-refractivity contribution >= 4 is 33.4 Å². The van der Waals surface area contributed by atoms with Crippen molar-refractivity contribution in [1.29, 1.82) is 0 Å². The Morgan fingerprint density at radius 1 is 1.11 bits per heavy atom. The number of ether oxygens (including phenoxy) is 1. The zero-order chi connectivity index (χ0) is 20.4. The fraction of sp³-hybridized carbons (Fsp3) is 0.438. The minimum absolute atomic E-state index is 0.0615. The Morgan fingerprint density at radius 2 is 1.74 bits per heavy atom. The van der Waals surface area contributed by atoms with Crippen LogP contribution in [0.4, 0.5) is 5.69 Å². The number of hydrogen-bond acceptors (Lipinski definition) is 6. The van der Waals surface area contributed by atoms with Crippen molar-refractivity contribution in [2.75, 3.05) is 32.1 Å². The van der Waals surface area contributed by atoms with Gasteiger partial charge in [0.1, 0.15) is 0 Å². The minimum atomic E-state index is -3.95. The third-order valence-electron chi connectivity index (χ3n) is 3.26. The van der Waals surface area contributed by atoms with Crippen LogP contribution in [0.2, 0.25) is 0 Å². The van der Waals surface area contributed by atoms with Crippen LogP contribution in [0.25, 0.3) is 0 Å². The molecule has 0 aromatic heterocycles. The molecule has 0 radical (unpaired) electrons. The Balaban J connectivity index is 2.58. The van der Waals surface area contributed by atoms with E-state index in [2.05, 4.69) is 20.7 Å². The maximum Gasteiger partial charge on any atom is 0.241 e. The van der Waals surface area contributed by atoms with Crippen LogP contribution < -0.4 is 20.7 Å². The molecule has 0 saturated heterocycles. The number of anilines is 1. The molecule has 0 fully saturated rings. The van der Waals surface area contributed by atoms with Gasteiger partial charge in [0.25, 0.3) is 0 Å². The summed E-state index contributed by atoms with van der Waals surface area (Å²) in [6.45, 7) is 3.07. The molecule has 150 valence electrons. The Hall–Kier alpha value is -2.50. The fourth-order valence-corrected chi connectivity index (χ4v) is 3.15. The van der Waals surface area contributed by atoms with Crippen molar-refractivity contribution in [2.45, 2.75) is 24.8 Å². The molecule has 1 aromatic carbocycles. The summed E-state index contributed by atoms with van der Waals surface area (Å²) in [5, 5.41) is 7.40. The van der Waals surface area contributed by atoms with Crippen molar-refractivity contribution in [3.8, 4) is 0 Å². The van der Waals surface area contributed by atoms with E-state index in [1.54, 1.807) is 0 Å². The normalized spacial score (nSPS) is 12.1.